The molecule has 0 aliphatic rings. The van der Waals surface area contributed by atoms with Gasteiger partial charge in [-0.05, 0) is 13.0 Å². The summed E-state index contributed by atoms with van der Waals surface area (Å²) in [6.07, 6.45) is 1.71. The van der Waals surface area contributed by atoms with Gasteiger partial charge in [-0.1, -0.05) is 11.2 Å². The average molecular weight is 261 g/mol. The molecule has 100 valence electrons. The van der Waals surface area contributed by atoms with E-state index in [0.717, 1.165) is 5.69 Å². The van der Waals surface area contributed by atoms with Crippen LogP contribution in [0.25, 0.3) is 0 Å². The lowest BCUT2D eigenvalue weighted by Crippen LogP contribution is -2.27. The molecule has 1 N–H and O–H groups in total. The maximum absolute atomic E-state index is 11.6. The molecule has 0 saturated carbocycles. The lowest BCUT2D eigenvalue weighted by molar-refractivity contribution is -0.121. The quantitative estimate of drug-likeness (QED) is 0.865. The van der Waals surface area contributed by atoms with Crippen LogP contribution < -0.4 is 10.9 Å². The Morgan fingerprint density at radius 3 is 2.95 bits per heavy atom. The van der Waals surface area contributed by atoms with Crippen LogP contribution in [0.4, 0.5) is 0 Å². The van der Waals surface area contributed by atoms with Crippen LogP contribution in [0.3, 0.4) is 0 Å². The summed E-state index contributed by atoms with van der Waals surface area (Å²) in [7, 11) is 0. The van der Waals surface area contributed by atoms with Gasteiger partial charge in [-0.25, -0.2) is 0 Å². The van der Waals surface area contributed by atoms with Crippen molar-refractivity contribution in [2.45, 2.75) is 26.4 Å². The summed E-state index contributed by atoms with van der Waals surface area (Å²) in [5.74, 6) is -0.127. The Morgan fingerprint density at radius 1 is 1.42 bits per heavy atom. The normalized spacial score (nSPS) is 10.4. The second kappa shape index (κ2) is 5.99. The summed E-state index contributed by atoms with van der Waals surface area (Å²) in [6.45, 7) is 2.54. The Labute approximate surface area is 110 Å². The second-order valence-corrected chi connectivity index (χ2v) is 4.17. The monoisotopic (exact) mass is 261 g/mol. The molecule has 2 aromatic heterocycles. The number of aromatic nitrogens is 2. The Hall–Kier alpha value is -2.37. The van der Waals surface area contributed by atoms with Crippen LogP contribution in [-0.2, 0) is 17.9 Å². The van der Waals surface area contributed by atoms with Gasteiger partial charge in [-0.15, -0.1) is 0 Å². The van der Waals surface area contributed by atoms with Gasteiger partial charge in [0.05, 0.1) is 6.54 Å². The zero-order chi connectivity index (χ0) is 13.7. The number of carbonyl (C=O) groups is 1. The summed E-state index contributed by atoms with van der Waals surface area (Å²) in [5.41, 5.74) is 1.42. The van der Waals surface area contributed by atoms with Crippen LogP contribution in [0, 0.1) is 6.92 Å². The third-order valence-electron chi connectivity index (χ3n) is 2.79. The van der Waals surface area contributed by atoms with E-state index in [4.69, 9.17) is 0 Å². The molecule has 2 rings (SSSR count). The van der Waals surface area contributed by atoms with Crippen molar-refractivity contribution in [1.29, 1.82) is 0 Å². The smallest absolute Gasteiger partial charge is 0.250 e. The minimum absolute atomic E-state index is 0.0932. The topological polar surface area (TPSA) is 77.1 Å². The molecule has 0 aromatic carbocycles. The Balaban J connectivity index is 1.85. The van der Waals surface area contributed by atoms with Gasteiger partial charge < -0.3 is 14.4 Å². The molecule has 0 aliphatic carbocycles. The molecule has 6 nitrogen and oxygen atoms in total. The maximum atomic E-state index is 11.6. The molecular formula is C13H15N3O3. The number of carbonyl (C=O) groups excluding carboxylic acids is 1. The summed E-state index contributed by atoms with van der Waals surface area (Å²) in [4.78, 5) is 23.3. The lowest BCUT2D eigenvalue weighted by Gasteiger charge is -2.09. The van der Waals surface area contributed by atoms with E-state index in [1.807, 2.05) is 13.0 Å². The summed E-state index contributed by atoms with van der Waals surface area (Å²) in [6, 6.07) is 6.72. The van der Waals surface area contributed by atoms with Crippen LogP contribution in [0.15, 0.2) is 39.8 Å². The van der Waals surface area contributed by atoms with Crippen molar-refractivity contribution in [3.63, 3.8) is 0 Å². The van der Waals surface area contributed by atoms with E-state index in [0.29, 0.717) is 18.8 Å². The van der Waals surface area contributed by atoms with E-state index >= 15 is 0 Å². The van der Waals surface area contributed by atoms with Crippen LogP contribution in [0.1, 0.15) is 17.8 Å². The highest BCUT2D eigenvalue weighted by atomic mass is 16.5. The van der Waals surface area contributed by atoms with Gasteiger partial charge in [0.1, 0.15) is 12.0 Å². The first kappa shape index (κ1) is 13.1. The fourth-order valence-electron chi connectivity index (χ4n) is 1.73. The van der Waals surface area contributed by atoms with Crippen LogP contribution in [-0.4, -0.2) is 15.6 Å². The van der Waals surface area contributed by atoms with Crippen LogP contribution in [0.2, 0.25) is 0 Å². The number of hydrogen-bond acceptors (Lipinski definition) is 4. The van der Waals surface area contributed by atoms with E-state index < -0.39 is 0 Å². The van der Waals surface area contributed by atoms with Gasteiger partial charge in [-0.2, -0.15) is 0 Å². The molecule has 19 heavy (non-hydrogen) atoms. The predicted molar refractivity (Wildman–Crippen MR) is 68.4 cm³/mol. The van der Waals surface area contributed by atoms with Gasteiger partial charge in [0, 0.05) is 30.8 Å². The van der Waals surface area contributed by atoms with Gasteiger partial charge in [0.15, 0.2) is 0 Å². The van der Waals surface area contributed by atoms with Crippen LogP contribution >= 0.6 is 0 Å². The van der Waals surface area contributed by atoms with Gasteiger partial charge >= 0.3 is 0 Å². The van der Waals surface area contributed by atoms with Gasteiger partial charge in [-0.3, -0.25) is 9.59 Å². The van der Waals surface area contributed by atoms with E-state index in [-0.39, 0.29) is 17.9 Å². The van der Waals surface area contributed by atoms with E-state index in [9.17, 15) is 9.59 Å². The average Bonchev–Trinajstić information content (AvgIpc) is 2.89. The van der Waals surface area contributed by atoms with Gasteiger partial charge in [0.25, 0.3) is 5.56 Å². The SMILES string of the molecule is Cc1cccc(=O)n1CCC(=O)NCc1ccon1. The molecule has 0 atom stereocenters. The van der Waals surface area contributed by atoms with Crippen molar-refractivity contribution in [3.8, 4) is 0 Å². The van der Waals surface area contributed by atoms with Crippen molar-refractivity contribution in [1.82, 2.24) is 15.0 Å². The third-order valence-corrected chi connectivity index (χ3v) is 2.79. The minimum atomic E-state index is -0.127. The molecule has 0 radical (unpaired) electrons. The highest BCUT2D eigenvalue weighted by Gasteiger charge is 2.05. The third kappa shape index (κ3) is 3.54. The molecule has 0 fully saturated rings. The number of amides is 1. The van der Waals surface area contributed by atoms with E-state index in [1.54, 1.807) is 16.7 Å². The fourth-order valence-corrected chi connectivity index (χ4v) is 1.73. The summed E-state index contributed by atoms with van der Waals surface area (Å²) < 4.78 is 6.24. The molecule has 2 aromatic rings. The Bertz CT molecular complexity index is 602. The molecule has 0 bridgehead atoms. The maximum Gasteiger partial charge on any atom is 0.250 e. The zero-order valence-corrected chi connectivity index (χ0v) is 10.6. The van der Waals surface area contributed by atoms with Crippen molar-refractivity contribution >= 4 is 5.91 Å². The largest absolute Gasteiger partial charge is 0.364 e. The first-order chi connectivity index (χ1) is 9.16. The summed E-state index contributed by atoms with van der Waals surface area (Å²) >= 11 is 0. The fraction of sp³-hybridized carbons (Fsp3) is 0.308. The highest BCUT2D eigenvalue weighted by molar-refractivity contribution is 5.75. The van der Waals surface area contributed by atoms with Crippen LogP contribution in [0.5, 0.6) is 0 Å². The predicted octanol–water partition coefficient (Wildman–Crippen LogP) is 0.851. The van der Waals surface area contributed by atoms with Crippen molar-refractivity contribution in [3.05, 3.63) is 52.3 Å². The molecule has 1 amide bonds. The second-order valence-electron chi connectivity index (χ2n) is 4.17. The Kier molecular flexibility index (Phi) is 4.12. The number of rotatable bonds is 5. The molecule has 0 spiro atoms. The van der Waals surface area contributed by atoms with Crippen molar-refractivity contribution in [2.24, 2.45) is 0 Å². The summed E-state index contributed by atoms with van der Waals surface area (Å²) in [5, 5.41) is 6.41. The Morgan fingerprint density at radius 2 is 2.26 bits per heavy atom. The number of aryl methyl sites for hydroxylation is 1. The highest BCUT2D eigenvalue weighted by Crippen LogP contribution is 1.97. The van der Waals surface area contributed by atoms with Crippen molar-refractivity contribution < 1.29 is 9.32 Å². The minimum Gasteiger partial charge on any atom is -0.364 e. The number of nitrogens with one attached hydrogen (secondary N) is 1. The number of pyridine rings is 1. The molecule has 0 unspecified atom stereocenters. The van der Waals surface area contributed by atoms with Gasteiger partial charge in [0.2, 0.25) is 5.91 Å². The molecule has 6 heteroatoms. The standard InChI is InChI=1S/C13H15N3O3/c1-10-3-2-4-13(18)16(10)7-5-12(17)14-9-11-6-8-19-15-11/h2-4,6,8H,5,7,9H2,1H3,(H,14,17). The molecule has 0 aliphatic heterocycles. The number of nitrogens with zero attached hydrogens (tertiary/aromatic N) is 2. The van der Waals surface area contributed by atoms with E-state index in [1.165, 1.54) is 12.3 Å². The number of hydrogen-bond donors (Lipinski definition) is 1. The molecular weight excluding hydrogens is 246 g/mol. The molecule has 2 heterocycles. The first-order valence-corrected chi connectivity index (χ1v) is 5.99. The molecule has 0 saturated heterocycles. The van der Waals surface area contributed by atoms with Crippen molar-refractivity contribution in [2.75, 3.05) is 0 Å². The zero-order valence-electron chi connectivity index (χ0n) is 10.6. The first-order valence-electron chi connectivity index (χ1n) is 5.99. The lowest BCUT2D eigenvalue weighted by atomic mass is 10.3. The van der Waals surface area contributed by atoms with E-state index in [2.05, 4.69) is 15.0 Å².